The van der Waals surface area contributed by atoms with Crippen LogP contribution in [0.2, 0.25) is 0 Å². The van der Waals surface area contributed by atoms with E-state index >= 15 is 0 Å². The van der Waals surface area contributed by atoms with E-state index in [9.17, 15) is 0 Å². The van der Waals surface area contributed by atoms with Gasteiger partial charge in [0.15, 0.2) is 0 Å². The second kappa shape index (κ2) is 10.8. The largest absolute Gasteiger partial charge is 2.00 e. The van der Waals surface area contributed by atoms with E-state index in [-0.39, 0.29) is 17.1 Å². The van der Waals surface area contributed by atoms with Gasteiger partial charge in [0.2, 0.25) is 0 Å². The van der Waals surface area contributed by atoms with Gasteiger partial charge < -0.3 is 4.79 Å². The summed E-state index contributed by atoms with van der Waals surface area (Å²) in [6, 6.07) is 0. The van der Waals surface area contributed by atoms with Gasteiger partial charge in [-0.2, -0.15) is 6.92 Å². The molecule has 23 valence electrons. The van der Waals surface area contributed by atoms with E-state index in [2.05, 4.69) is 0 Å². The molecule has 1 radical (unpaired) electrons. The van der Waals surface area contributed by atoms with Crippen molar-refractivity contribution in [3.05, 3.63) is 0 Å². The fourth-order valence-electron chi connectivity index (χ4n) is 0. The zero-order chi connectivity index (χ0) is 2.71. The Labute approximate surface area is 35.9 Å². The van der Waals surface area contributed by atoms with Gasteiger partial charge in [-0.05, 0) is 0 Å². The van der Waals surface area contributed by atoms with Gasteiger partial charge in [-0.15, -0.1) is 0 Å². The summed E-state index contributed by atoms with van der Waals surface area (Å²) in [4.78, 5) is 8.68. The molecule has 0 rings (SSSR count). The molecule has 0 aliphatic rings. The van der Waals surface area contributed by atoms with E-state index < -0.39 is 0 Å². The van der Waals surface area contributed by atoms with Crippen molar-refractivity contribution in [2.45, 2.75) is 6.92 Å². The van der Waals surface area contributed by atoms with E-state index in [4.69, 9.17) is 4.79 Å². The molecule has 0 aromatic carbocycles. The van der Waals surface area contributed by atoms with Gasteiger partial charge in [0.05, 0.1) is 0 Å². The van der Waals surface area contributed by atoms with Gasteiger partial charge in [-0.1, -0.05) is 0 Å². The van der Waals surface area contributed by atoms with Gasteiger partial charge >= 0.3 is 17.1 Å². The smallest absolute Gasteiger partial charge is 0.542 e. The summed E-state index contributed by atoms with van der Waals surface area (Å²) in [5.41, 5.74) is 0. The van der Waals surface area contributed by atoms with Gasteiger partial charge in [-0.25, -0.2) is 0 Å². The first-order valence-corrected chi connectivity index (χ1v) is 0.704. The molecular weight excluding hydrogens is 95.0 g/mol. The van der Waals surface area contributed by atoms with E-state index in [1.54, 1.807) is 0 Å². The fraction of sp³-hybridized carbons (Fsp3) is 0.500. The van der Waals surface area contributed by atoms with Crippen molar-refractivity contribution in [3.8, 4) is 0 Å². The van der Waals surface area contributed by atoms with Crippen molar-refractivity contribution in [1.29, 1.82) is 0 Å². The van der Waals surface area contributed by atoms with Crippen molar-refractivity contribution in [2.75, 3.05) is 0 Å². The molecule has 0 N–H and O–H groups in total. The third kappa shape index (κ3) is 86.3. The van der Waals surface area contributed by atoms with Crippen LogP contribution in [0.3, 0.4) is 0 Å². The molecule has 1 nitrogen and oxygen atoms in total. The van der Waals surface area contributed by atoms with Gasteiger partial charge in [0.25, 0.3) is 0 Å². The van der Waals surface area contributed by atoms with Crippen LogP contribution in [0.1, 0.15) is 6.92 Å². The minimum Gasteiger partial charge on any atom is -0.542 e. The summed E-state index contributed by atoms with van der Waals surface area (Å²) in [5.74, 6) is 0. The predicted molar refractivity (Wildman–Crippen MR) is 11.4 cm³/mol. The maximum Gasteiger partial charge on any atom is 2.00 e. The molecule has 0 fully saturated rings. The Morgan fingerprint density at radius 3 is 1.75 bits per heavy atom. The number of carbonyl (C=O) groups excluding carboxylic acids is 1. The molecule has 0 aliphatic heterocycles. The molecule has 0 spiro atoms. The third-order valence-corrected chi connectivity index (χ3v) is 0. The third-order valence-electron chi connectivity index (χ3n) is 0. The summed E-state index contributed by atoms with van der Waals surface area (Å²) in [5, 5.41) is 0. The van der Waals surface area contributed by atoms with Crippen molar-refractivity contribution in [2.24, 2.45) is 0 Å². The molecule has 2 heteroatoms. The maximum atomic E-state index is 8.68. The van der Waals surface area contributed by atoms with Crippen LogP contribution in [-0.2, 0) is 21.9 Å². The molecule has 0 unspecified atom stereocenters. The predicted octanol–water partition coefficient (Wildman–Crippen LogP) is 0.113. The van der Waals surface area contributed by atoms with Crippen molar-refractivity contribution in [1.82, 2.24) is 0 Å². The van der Waals surface area contributed by atoms with Gasteiger partial charge in [0, 0.05) is 0 Å². The monoisotopic (exact) mass is 98.0 g/mol. The summed E-state index contributed by atoms with van der Waals surface area (Å²) < 4.78 is 0. The van der Waals surface area contributed by atoms with Crippen LogP contribution in [0.5, 0.6) is 0 Å². The average molecular weight is 98.0 g/mol. The molecule has 0 aromatic heterocycles. The SMILES string of the molecule is C[C-]=O.[Mn+2]. The fourth-order valence-corrected chi connectivity index (χ4v) is 0. The van der Waals surface area contributed by atoms with E-state index in [1.165, 1.54) is 13.2 Å². The molecule has 0 amide bonds. The average Bonchev–Trinajstić information content (AvgIpc) is 0.918. The molecule has 0 heterocycles. The number of hydrogen-bond donors (Lipinski definition) is 0. The van der Waals surface area contributed by atoms with Gasteiger partial charge in [0.1, 0.15) is 0 Å². The Kier molecular flexibility index (Phi) is 24.0. The number of hydrogen-bond acceptors (Lipinski definition) is 1. The minimum absolute atomic E-state index is 0. The Hall–Kier alpha value is 0.189. The second-order valence-electron chi connectivity index (χ2n) is 0.204. The van der Waals surface area contributed by atoms with Crippen LogP contribution in [0.4, 0.5) is 0 Å². The van der Waals surface area contributed by atoms with Crippen LogP contribution in [0, 0.1) is 0 Å². The van der Waals surface area contributed by atoms with Crippen molar-refractivity contribution in [3.63, 3.8) is 0 Å². The van der Waals surface area contributed by atoms with Crippen LogP contribution < -0.4 is 0 Å². The second-order valence-corrected chi connectivity index (χ2v) is 0.204. The zero-order valence-corrected chi connectivity index (χ0v) is 3.47. The molecular formula is C2H3MnO+. The molecule has 0 saturated carbocycles. The Morgan fingerprint density at radius 2 is 1.75 bits per heavy atom. The van der Waals surface area contributed by atoms with Crippen LogP contribution in [0.25, 0.3) is 0 Å². The Morgan fingerprint density at radius 1 is 1.75 bits per heavy atom. The molecule has 0 aromatic rings. The molecule has 0 atom stereocenters. The van der Waals surface area contributed by atoms with Crippen LogP contribution in [-0.4, -0.2) is 6.29 Å². The van der Waals surface area contributed by atoms with E-state index in [1.807, 2.05) is 0 Å². The summed E-state index contributed by atoms with van der Waals surface area (Å²) in [6.45, 7) is 1.32. The summed E-state index contributed by atoms with van der Waals surface area (Å²) in [6.07, 6.45) is 1.50. The van der Waals surface area contributed by atoms with E-state index in [0.29, 0.717) is 0 Å². The van der Waals surface area contributed by atoms with Crippen LogP contribution in [0.15, 0.2) is 0 Å². The Bertz CT molecular complexity index is 13.5. The number of rotatable bonds is 0. The molecule has 0 saturated heterocycles. The maximum absolute atomic E-state index is 8.68. The topological polar surface area (TPSA) is 17.1 Å². The Balaban J connectivity index is 0. The molecule has 0 aliphatic carbocycles. The standard InChI is InChI=1S/C2H3O.Mn/c1-2-3;/h1H3;/q-1;+2. The first-order valence-electron chi connectivity index (χ1n) is 0.704. The normalized spacial score (nSPS) is 3.25. The molecule has 0 bridgehead atoms. The summed E-state index contributed by atoms with van der Waals surface area (Å²) in [7, 11) is 0. The first-order chi connectivity index (χ1) is 1.41. The zero-order valence-electron chi connectivity index (χ0n) is 2.29. The van der Waals surface area contributed by atoms with E-state index in [0.717, 1.165) is 0 Å². The van der Waals surface area contributed by atoms with Crippen molar-refractivity contribution >= 4 is 6.29 Å². The summed E-state index contributed by atoms with van der Waals surface area (Å²) >= 11 is 0. The van der Waals surface area contributed by atoms with Gasteiger partial charge in [-0.3, -0.25) is 6.29 Å². The first kappa shape index (κ1) is 8.89. The minimum atomic E-state index is 0. The van der Waals surface area contributed by atoms with Crippen LogP contribution >= 0.6 is 0 Å². The molecule has 4 heavy (non-hydrogen) atoms. The quantitative estimate of drug-likeness (QED) is 0.310. The van der Waals surface area contributed by atoms with Crippen molar-refractivity contribution < 1.29 is 21.9 Å².